The third kappa shape index (κ3) is 7.32. The van der Waals surface area contributed by atoms with E-state index in [0.717, 1.165) is 93.1 Å². The Balaban J connectivity index is 1.10. The highest BCUT2D eigenvalue weighted by Crippen LogP contribution is 2.33. The van der Waals surface area contributed by atoms with Gasteiger partial charge >= 0.3 is 6.03 Å². The summed E-state index contributed by atoms with van der Waals surface area (Å²) in [7, 11) is 2.17. The number of nitrogens with zero attached hydrogens (tertiary/aromatic N) is 5. The molecule has 0 radical (unpaired) electrons. The number of benzene rings is 1. The Hall–Kier alpha value is -2.86. The van der Waals surface area contributed by atoms with Gasteiger partial charge in [-0.2, -0.15) is 0 Å². The number of hydrogen-bond acceptors (Lipinski definition) is 7. The molecule has 1 aromatic carbocycles. The smallest absolute Gasteiger partial charge is 0.323 e. The van der Waals surface area contributed by atoms with Crippen molar-refractivity contribution in [1.29, 1.82) is 0 Å². The van der Waals surface area contributed by atoms with Crippen LogP contribution in [0.4, 0.5) is 15.5 Å². The van der Waals surface area contributed by atoms with Crippen molar-refractivity contribution in [3.8, 4) is 0 Å². The minimum absolute atomic E-state index is 0.00426. The first-order valence-electron chi connectivity index (χ1n) is 16.9. The van der Waals surface area contributed by atoms with Gasteiger partial charge in [0.25, 0.3) is 0 Å². The molecule has 1 atom stereocenters. The number of halogens is 1. The Labute approximate surface area is 281 Å². The van der Waals surface area contributed by atoms with Gasteiger partial charge in [-0.05, 0) is 74.2 Å². The number of rotatable bonds is 8. The minimum atomic E-state index is -0.473. The molecule has 12 heteroatoms. The van der Waals surface area contributed by atoms with E-state index in [9.17, 15) is 14.4 Å². The lowest BCUT2D eigenvalue weighted by Crippen LogP contribution is -2.54. The van der Waals surface area contributed by atoms with Crippen molar-refractivity contribution in [2.75, 3.05) is 70.5 Å². The first-order valence-corrected chi connectivity index (χ1v) is 18.2. The van der Waals surface area contributed by atoms with E-state index in [1.54, 1.807) is 11.3 Å². The van der Waals surface area contributed by atoms with E-state index >= 15 is 0 Å². The van der Waals surface area contributed by atoms with E-state index in [1.807, 2.05) is 39.1 Å². The van der Waals surface area contributed by atoms with Crippen molar-refractivity contribution in [2.45, 2.75) is 70.5 Å². The third-order valence-corrected chi connectivity index (χ3v) is 11.8. The van der Waals surface area contributed by atoms with Crippen LogP contribution in [0.15, 0.2) is 23.6 Å². The molecule has 0 spiro atoms. The maximum atomic E-state index is 14.2. The van der Waals surface area contributed by atoms with Crippen molar-refractivity contribution < 1.29 is 14.4 Å². The predicted octanol–water partition coefficient (Wildman–Crippen LogP) is 4.37. The lowest BCUT2D eigenvalue weighted by molar-refractivity contribution is -0.143. The summed E-state index contributed by atoms with van der Waals surface area (Å²) in [6.45, 7) is 9.58. The average molecular weight is 670 g/mol. The molecule has 5 heterocycles. The molecule has 0 bridgehead atoms. The Kier molecular flexibility index (Phi) is 10.4. The number of thiophene rings is 1. The number of nitrogens with one attached hydrogen (secondary N) is 1. The molecule has 6 rings (SSSR count). The van der Waals surface area contributed by atoms with Crippen LogP contribution in [0.3, 0.4) is 0 Å². The largest absolute Gasteiger partial charge is 0.397 e. The van der Waals surface area contributed by atoms with Crippen LogP contribution in [0.5, 0.6) is 0 Å². The first-order chi connectivity index (χ1) is 22.2. The highest BCUT2D eigenvalue weighted by atomic mass is 35.5. The molecule has 4 amide bonds. The number of aryl methyl sites for hydroxylation is 1. The molecule has 0 aliphatic carbocycles. The monoisotopic (exact) mass is 669 g/mol. The molecule has 4 aliphatic heterocycles. The van der Waals surface area contributed by atoms with Crippen LogP contribution in [0.25, 0.3) is 0 Å². The van der Waals surface area contributed by atoms with Crippen molar-refractivity contribution in [3.63, 3.8) is 0 Å². The van der Waals surface area contributed by atoms with Crippen molar-refractivity contribution in [2.24, 2.45) is 5.92 Å². The minimum Gasteiger partial charge on any atom is -0.397 e. The molecule has 3 N–H and O–H groups in total. The molecule has 2 aromatic rings. The number of likely N-dealkylation sites (N-methyl/N-ethyl adjacent to an activating group) is 1. The standard InChI is InChI=1S/C34H48ClN7O3S/c1-3-24-18-23(20-29(35)31(24)36)19-26(33(44)41-11-4-27(5-12-41)39-15-13-38(2)14-16-39)21-30(43)40-9-6-28(7-10-40)42-22-25-8-17-46-32(25)37-34(42)45/h8,17-18,20,26-28H,3-7,9-16,19,21-22,36H2,1-2H3,(H,37,45)/t26-/m0/s1. The van der Waals surface area contributed by atoms with Crippen LogP contribution in [-0.4, -0.2) is 114 Å². The van der Waals surface area contributed by atoms with Crippen molar-refractivity contribution >= 4 is 51.5 Å². The summed E-state index contributed by atoms with van der Waals surface area (Å²) < 4.78 is 0. The molecule has 4 aliphatic rings. The van der Waals surface area contributed by atoms with Gasteiger partial charge in [0.2, 0.25) is 11.8 Å². The van der Waals surface area contributed by atoms with E-state index in [2.05, 4.69) is 28.2 Å². The summed E-state index contributed by atoms with van der Waals surface area (Å²) in [6.07, 6.45) is 4.74. The summed E-state index contributed by atoms with van der Waals surface area (Å²) in [5.41, 5.74) is 9.85. The number of anilines is 2. The van der Waals surface area contributed by atoms with Crippen LogP contribution in [0.1, 0.15) is 55.7 Å². The SMILES string of the molecule is CCc1cc(C[C@@H](CC(=O)N2CCC(N3Cc4ccsc4NC3=O)CC2)C(=O)N2CCC(N3CCN(C)CC3)CC2)cc(Cl)c1N. The Morgan fingerprint density at radius 2 is 1.67 bits per heavy atom. The molecule has 3 saturated heterocycles. The highest BCUT2D eigenvalue weighted by molar-refractivity contribution is 7.14. The zero-order valence-electron chi connectivity index (χ0n) is 27.2. The van der Waals surface area contributed by atoms with Crippen LogP contribution in [0.2, 0.25) is 5.02 Å². The number of carbonyl (C=O) groups excluding carboxylic acids is 3. The zero-order valence-corrected chi connectivity index (χ0v) is 28.8. The molecular weight excluding hydrogens is 622 g/mol. The Morgan fingerprint density at radius 3 is 2.37 bits per heavy atom. The fraction of sp³-hybridized carbons (Fsp3) is 0.618. The maximum Gasteiger partial charge on any atom is 0.323 e. The predicted molar refractivity (Wildman–Crippen MR) is 184 cm³/mol. The van der Waals surface area contributed by atoms with E-state index in [4.69, 9.17) is 17.3 Å². The van der Waals surface area contributed by atoms with Gasteiger partial charge in [0.05, 0.1) is 23.2 Å². The van der Waals surface area contributed by atoms with Crippen molar-refractivity contribution in [1.82, 2.24) is 24.5 Å². The summed E-state index contributed by atoms with van der Waals surface area (Å²) >= 11 is 8.06. The lowest BCUT2D eigenvalue weighted by atomic mass is 9.91. The Morgan fingerprint density at radius 1 is 1.00 bits per heavy atom. The van der Waals surface area contributed by atoms with E-state index in [0.29, 0.717) is 42.8 Å². The van der Waals surface area contributed by atoms with Gasteiger partial charge in [0.1, 0.15) is 5.00 Å². The number of nitrogens with two attached hydrogens (primary N) is 1. The number of likely N-dealkylation sites (tertiary alicyclic amines) is 2. The van der Waals surface area contributed by atoms with Crippen LogP contribution in [0, 0.1) is 5.92 Å². The number of hydrogen-bond donors (Lipinski definition) is 2. The first kappa shape index (κ1) is 33.1. The average Bonchev–Trinajstić information content (AvgIpc) is 3.53. The zero-order chi connectivity index (χ0) is 32.4. The molecule has 10 nitrogen and oxygen atoms in total. The second-order valence-corrected chi connectivity index (χ2v) is 14.8. The fourth-order valence-corrected chi connectivity index (χ4v) is 8.69. The number of amides is 4. The molecule has 250 valence electrons. The topological polar surface area (TPSA) is 105 Å². The maximum absolute atomic E-state index is 14.2. The number of fused-ring (bicyclic) bond motifs is 1. The summed E-state index contributed by atoms with van der Waals surface area (Å²) in [5.74, 6) is -0.410. The fourth-order valence-electron chi connectivity index (χ4n) is 7.63. The molecule has 46 heavy (non-hydrogen) atoms. The molecule has 0 saturated carbocycles. The quantitative estimate of drug-likeness (QED) is 0.405. The summed E-state index contributed by atoms with van der Waals surface area (Å²) in [6, 6.07) is 6.49. The highest BCUT2D eigenvalue weighted by Gasteiger charge is 2.36. The van der Waals surface area contributed by atoms with Gasteiger partial charge < -0.3 is 25.3 Å². The van der Waals surface area contributed by atoms with Gasteiger partial charge in [0.15, 0.2) is 0 Å². The van der Waals surface area contributed by atoms with Gasteiger partial charge in [-0.25, -0.2) is 4.79 Å². The Bertz CT molecular complexity index is 1410. The van der Waals surface area contributed by atoms with E-state index in [1.165, 1.54) is 0 Å². The number of carbonyl (C=O) groups is 3. The second kappa shape index (κ2) is 14.5. The van der Waals surface area contributed by atoms with Gasteiger partial charge in [-0.3, -0.25) is 19.8 Å². The second-order valence-electron chi connectivity index (χ2n) is 13.4. The van der Waals surface area contributed by atoms with E-state index < -0.39 is 5.92 Å². The normalized spacial score (nSPS) is 21.3. The molecule has 3 fully saturated rings. The molecular formula is C34H48ClN7O3S. The molecule has 0 unspecified atom stereocenters. The van der Waals surface area contributed by atoms with Gasteiger partial charge in [-0.15, -0.1) is 11.3 Å². The van der Waals surface area contributed by atoms with Crippen LogP contribution >= 0.6 is 22.9 Å². The van der Waals surface area contributed by atoms with Crippen molar-refractivity contribution in [3.05, 3.63) is 45.3 Å². The molecule has 1 aromatic heterocycles. The number of urea groups is 1. The lowest BCUT2D eigenvalue weighted by Gasteiger charge is -2.42. The van der Waals surface area contributed by atoms with E-state index in [-0.39, 0.29) is 30.3 Å². The number of piperidine rings is 2. The van der Waals surface area contributed by atoms with Gasteiger partial charge in [-0.1, -0.05) is 24.6 Å². The summed E-state index contributed by atoms with van der Waals surface area (Å²) in [4.78, 5) is 51.5. The van der Waals surface area contributed by atoms with Crippen LogP contribution in [-0.2, 0) is 29.0 Å². The third-order valence-electron chi connectivity index (χ3n) is 10.6. The summed E-state index contributed by atoms with van der Waals surface area (Å²) in [5, 5.41) is 6.45. The number of piperazine rings is 1. The van der Waals surface area contributed by atoms with Gasteiger partial charge in [0, 0.05) is 76.4 Å². The number of nitrogen functional groups attached to an aromatic ring is 1. The van der Waals surface area contributed by atoms with Crippen LogP contribution < -0.4 is 11.1 Å².